The molecule has 8 heteroatoms. The molecule has 4 rings (SSSR count). The number of ketones is 1. The summed E-state index contributed by atoms with van der Waals surface area (Å²) < 4.78 is 11.5. The van der Waals surface area contributed by atoms with Crippen LogP contribution >= 0.6 is 15.9 Å². The van der Waals surface area contributed by atoms with Gasteiger partial charge in [-0.2, -0.15) is 0 Å². The number of hydrogen-bond acceptors (Lipinski definition) is 5. The minimum absolute atomic E-state index is 0.00528. The molecule has 2 fully saturated rings. The molecule has 33 heavy (non-hydrogen) atoms. The third kappa shape index (κ3) is 5.13. The fraction of sp³-hybridized carbons (Fsp3) is 0.360. The fourth-order valence-electron chi connectivity index (χ4n) is 4.42. The number of carbonyl (C=O) groups is 2. The first-order valence-electron chi connectivity index (χ1n) is 11.1. The summed E-state index contributed by atoms with van der Waals surface area (Å²) >= 11 is 3.43. The Labute approximate surface area is 201 Å². The van der Waals surface area contributed by atoms with Crippen molar-refractivity contribution in [2.45, 2.75) is 12.5 Å². The molecule has 2 heterocycles. The lowest BCUT2D eigenvalue weighted by atomic mass is 9.95. The Morgan fingerprint density at radius 1 is 1.18 bits per heavy atom. The summed E-state index contributed by atoms with van der Waals surface area (Å²) in [6, 6.07) is 13.4. The van der Waals surface area contributed by atoms with Crippen LogP contribution in [0.4, 0.5) is 0 Å². The van der Waals surface area contributed by atoms with Gasteiger partial charge in [-0.15, -0.1) is 0 Å². The van der Waals surface area contributed by atoms with E-state index in [1.807, 2.05) is 24.3 Å². The number of Topliss-reactive ketones (excluding diaryl/α,β-unsaturated/α-hetero) is 1. The van der Waals surface area contributed by atoms with Crippen LogP contribution < -0.4 is 14.7 Å². The number of nitrogens with zero attached hydrogens (tertiary/aromatic N) is 1. The second-order valence-corrected chi connectivity index (χ2v) is 9.14. The van der Waals surface area contributed by atoms with Crippen molar-refractivity contribution in [3.8, 4) is 5.75 Å². The highest BCUT2D eigenvalue weighted by molar-refractivity contribution is 9.10. The third-order valence-corrected chi connectivity index (χ3v) is 6.71. The molecule has 0 radical (unpaired) electrons. The molecule has 0 aliphatic carbocycles. The van der Waals surface area contributed by atoms with Crippen molar-refractivity contribution in [1.82, 2.24) is 4.90 Å². The second-order valence-electron chi connectivity index (χ2n) is 8.22. The van der Waals surface area contributed by atoms with E-state index in [4.69, 9.17) is 9.47 Å². The number of amides is 1. The molecule has 174 valence electrons. The van der Waals surface area contributed by atoms with E-state index in [9.17, 15) is 14.7 Å². The summed E-state index contributed by atoms with van der Waals surface area (Å²) in [5.41, 5.74) is 1.06. The van der Waals surface area contributed by atoms with Crippen molar-refractivity contribution < 1.29 is 29.1 Å². The van der Waals surface area contributed by atoms with Gasteiger partial charge >= 0.3 is 0 Å². The van der Waals surface area contributed by atoms with Crippen molar-refractivity contribution in [2.75, 3.05) is 46.5 Å². The molecule has 2 aromatic rings. The van der Waals surface area contributed by atoms with Crippen LogP contribution in [0.15, 0.2) is 58.6 Å². The van der Waals surface area contributed by atoms with Crippen molar-refractivity contribution in [3.63, 3.8) is 0 Å². The highest BCUT2D eigenvalue weighted by atomic mass is 79.9. The Hall–Kier alpha value is -2.68. The lowest BCUT2D eigenvalue weighted by molar-refractivity contribution is -0.908. The molecule has 0 bridgehead atoms. The molecule has 1 N–H and O–H groups in total. The molecule has 1 unspecified atom stereocenters. The number of likely N-dealkylation sites (tertiary alicyclic amines) is 1. The van der Waals surface area contributed by atoms with Gasteiger partial charge in [-0.25, -0.2) is 0 Å². The summed E-state index contributed by atoms with van der Waals surface area (Å²) in [7, 11) is 1.52. The minimum atomic E-state index is -0.727. The van der Waals surface area contributed by atoms with Crippen LogP contribution in [0.2, 0.25) is 0 Å². The van der Waals surface area contributed by atoms with E-state index in [2.05, 4.69) is 15.9 Å². The number of quaternary nitrogens is 1. The zero-order chi connectivity index (χ0) is 23.4. The van der Waals surface area contributed by atoms with E-state index < -0.39 is 23.5 Å². The van der Waals surface area contributed by atoms with Crippen molar-refractivity contribution in [2.24, 2.45) is 0 Å². The van der Waals surface area contributed by atoms with Crippen molar-refractivity contribution >= 4 is 33.4 Å². The number of benzene rings is 2. The Bertz CT molecular complexity index is 1050. The van der Waals surface area contributed by atoms with Crippen LogP contribution in [-0.2, 0) is 14.3 Å². The highest BCUT2D eigenvalue weighted by Crippen LogP contribution is 2.39. The quantitative estimate of drug-likeness (QED) is 0.338. The summed E-state index contributed by atoms with van der Waals surface area (Å²) in [6.07, 6.45) is 0.738. The monoisotopic (exact) mass is 514 g/mol. The predicted octanol–water partition coefficient (Wildman–Crippen LogP) is 0.987. The maximum atomic E-state index is 13.5. The molecule has 0 saturated carbocycles. The zero-order valence-electron chi connectivity index (χ0n) is 18.5. The van der Waals surface area contributed by atoms with Crippen molar-refractivity contribution in [3.05, 3.63) is 69.7 Å². The van der Waals surface area contributed by atoms with Gasteiger partial charge in [0.05, 0.1) is 32.9 Å². The van der Waals surface area contributed by atoms with Gasteiger partial charge < -0.3 is 24.4 Å². The smallest absolute Gasteiger partial charge is 0.295 e. The van der Waals surface area contributed by atoms with Gasteiger partial charge in [0, 0.05) is 23.0 Å². The van der Waals surface area contributed by atoms with Crippen LogP contribution in [-0.4, -0.2) is 63.1 Å². The van der Waals surface area contributed by atoms with E-state index >= 15 is 0 Å². The maximum Gasteiger partial charge on any atom is 0.295 e. The number of nitrogens with one attached hydrogen (secondary N) is 1. The average molecular weight is 515 g/mol. The van der Waals surface area contributed by atoms with Gasteiger partial charge in [0.25, 0.3) is 5.91 Å². The maximum absolute atomic E-state index is 13.5. The topological polar surface area (TPSA) is 83.3 Å². The normalized spacial score (nSPS) is 20.9. The van der Waals surface area contributed by atoms with Crippen LogP contribution in [0.1, 0.15) is 23.6 Å². The molecular formula is C25H27BrN2O5. The molecule has 2 aromatic carbocycles. The number of halogens is 1. The van der Waals surface area contributed by atoms with Gasteiger partial charge in [0.1, 0.15) is 18.8 Å². The van der Waals surface area contributed by atoms with Crippen LogP contribution in [0.25, 0.3) is 5.76 Å². The number of carbonyl (C=O) groups excluding carboxylic acids is 2. The molecular weight excluding hydrogens is 488 g/mol. The first-order valence-corrected chi connectivity index (χ1v) is 11.9. The lowest BCUT2D eigenvalue weighted by Crippen LogP contribution is -3.14. The van der Waals surface area contributed by atoms with Crippen LogP contribution in [0.5, 0.6) is 5.75 Å². The zero-order valence-corrected chi connectivity index (χ0v) is 20.1. The van der Waals surface area contributed by atoms with Crippen LogP contribution in [0.3, 0.4) is 0 Å². The number of ether oxygens (including phenoxy) is 2. The lowest BCUT2D eigenvalue weighted by Gasteiger charge is -2.29. The van der Waals surface area contributed by atoms with E-state index in [0.717, 1.165) is 49.3 Å². The fourth-order valence-corrected chi connectivity index (χ4v) is 4.69. The molecule has 0 aromatic heterocycles. The SMILES string of the molecule is COc1cccc(/C([O-])=C2\C(=O)C(=O)N(CCC[NH+]3CCOCC3)C2c2ccc(Br)cc2)c1. The summed E-state index contributed by atoms with van der Waals surface area (Å²) in [4.78, 5) is 29.1. The number of rotatable bonds is 7. The number of methoxy groups -OCH3 is 1. The Morgan fingerprint density at radius 2 is 1.91 bits per heavy atom. The van der Waals surface area contributed by atoms with Gasteiger partial charge in [0.15, 0.2) is 0 Å². The number of hydrogen-bond donors (Lipinski definition) is 1. The van der Waals surface area contributed by atoms with Gasteiger partial charge in [-0.05, 0) is 35.4 Å². The first kappa shape index (κ1) is 23.5. The Kier molecular flexibility index (Phi) is 7.47. The van der Waals surface area contributed by atoms with Crippen LogP contribution in [0, 0.1) is 0 Å². The molecule has 2 aliphatic rings. The molecule has 2 saturated heterocycles. The van der Waals surface area contributed by atoms with E-state index in [1.54, 1.807) is 29.2 Å². The Morgan fingerprint density at radius 3 is 2.61 bits per heavy atom. The van der Waals surface area contributed by atoms with Crippen molar-refractivity contribution in [1.29, 1.82) is 0 Å². The summed E-state index contributed by atoms with van der Waals surface area (Å²) in [6.45, 7) is 4.65. The minimum Gasteiger partial charge on any atom is -0.872 e. The number of morpholine rings is 1. The van der Waals surface area contributed by atoms with E-state index in [0.29, 0.717) is 17.9 Å². The van der Waals surface area contributed by atoms with E-state index in [-0.39, 0.29) is 5.57 Å². The van der Waals surface area contributed by atoms with Gasteiger partial charge in [0.2, 0.25) is 5.78 Å². The first-order chi connectivity index (χ1) is 16.0. The predicted molar refractivity (Wildman–Crippen MR) is 125 cm³/mol. The Balaban J connectivity index is 1.67. The molecule has 2 aliphatic heterocycles. The summed E-state index contributed by atoms with van der Waals surface area (Å²) in [5, 5.41) is 13.5. The van der Waals surface area contributed by atoms with Gasteiger partial charge in [-0.1, -0.05) is 46.0 Å². The average Bonchev–Trinajstić information content (AvgIpc) is 3.10. The largest absolute Gasteiger partial charge is 0.872 e. The molecule has 7 nitrogen and oxygen atoms in total. The highest BCUT2D eigenvalue weighted by Gasteiger charge is 2.44. The molecule has 1 atom stereocenters. The van der Waals surface area contributed by atoms with Gasteiger partial charge in [-0.3, -0.25) is 9.59 Å². The second kappa shape index (κ2) is 10.5. The summed E-state index contributed by atoms with van der Waals surface area (Å²) in [5.74, 6) is -1.27. The van der Waals surface area contributed by atoms with E-state index in [1.165, 1.54) is 12.0 Å². The molecule has 0 spiro atoms. The third-order valence-electron chi connectivity index (χ3n) is 6.18. The molecule has 1 amide bonds. The standard InChI is InChI=1S/C25H27BrN2O5/c1-32-20-5-2-4-18(16-20)23(29)21-22(17-6-8-19(26)9-7-17)28(25(31)24(21)30)11-3-10-27-12-14-33-15-13-27/h2,4-9,16,22,29H,3,10-15H2,1H3/b23-21+.